The summed E-state index contributed by atoms with van der Waals surface area (Å²) in [5, 5.41) is 2.76. The highest BCUT2D eigenvalue weighted by Crippen LogP contribution is 2.36. The summed E-state index contributed by atoms with van der Waals surface area (Å²) < 4.78 is 0. The number of hydrogen-bond acceptors (Lipinski definition) is 2. The van der Waals surface area contributed by atoms with Crippen LogP contribution in [0.1, 0.15) is 34.8 Å². The van der Waals surface area contributed by atoms with Crippen LogP contribution in [0.5, 0.6) is 0 Å². The Kier molecular flexibility index (Phi) is 3.40. The number of carbonyl (C=O) groups is 2. The van der Waals surface area contributed by atoms with E-state index in [1.165, 1.54) is 0 Å². The Bertz CT molecular complexity index is 745. The van der Waals surface area contributed by atoms with E-state index in [4.69, 9.17) is 0 Å². The van der Waals surface area contributed by atoms with Gasteiger partial charge in [-0.1, -0.05) is 61.5 Å². The lowest BCUT2D eigenvalue weighted by molar-refractivity contribution is -0.120. The maximum Gasteiger partial charge on any atom is 0.224 e. The minimum atomic E-state index is -0.153. The van der Waals surface area contributed by atoms with Gasteiger partial charge in [-0.25, -0.2) is 0 Å². The van der Waals surface area contributed by atoms with E-state index in [0.717, 1.165) is 16.7 Å². The standard InChI is InChI=1S/C18H15NO2/c1-2-15(20)19-17-16(12-8-4-3-5-9-12)13-10-6-7-11-14(13)18(17)21/h3-11H,2H2,1H3,(H,19,20,21). The zero-order valence-corrected chi connectivity index (χ0v) is 11.7. The fraction of sp³-hybridized carbons (Fsp3) is 0.111. The van der Waals surface area contributed by atoms with Gasteiger partial charge < -0.3 is 5.32 Å². The first-order valence-electron chi connectivity index (χ1n) is 6.96. The van der Waals surface area contributed by atoms with Crippen molar-refractivity contribution in [1.82, 2.24) is 5.32 Å². The van der Waals surface area contributed by atoms with Crippen LogP contribution >= 0.6 is 0 Å². The zero-order valence-electron chi connectivity index (χ0n) is 11.7. The van der Waals surface area contributed by atoms with Gasteiger partial charge >= 0.3 is 0 Å². The molecule has 0 fully saturated rings. The molecule has 0 saturated carbocycles. The van der Waals surface area contributed by atoms with Gasteiger partial charge in [-0.3, -0.25) is 9.59 Å². The Morgan fingerprint density at radius 3 is 2.24 bits per heavy atom. The molecule has 0 aliphatic heterocycles. The van der Waals surface area contributed by atoms with E-state index in [-0.39, 0.29) is 11.7 Å². The van der Waals surface area contributed by atoms with Gasteiger partial charge in [0.2, 0.25) is 11.7 Å². The number of benzene rings is 2. The van der Waals surface area contributed by atoms with Crippen molar-refractivity contribution >= 4 is 17.3 Å². The molecule has 3 heteroatoms. The average molecular weight is 277 g/mol. The molecule has 2 aromatic rings. The van der Waals surface area contributed by atoms with Crippen molar-refractivity contribution in [3.05, 3.63) is 77.0 Å². The third-order valence-electron chi connectivity index (χ3n) is 3.57. The van der Waals surface area contributed by atoms with Gasteiger partial charge in [0.25, 0.3) is 0 Å². The molecule has 1 aliphatic rings. The highest BCUT2D eigenvalue weighted by atomic mass is 16.2. The van der Waals surface area contributed by atoms with Gasteiger partial charge in [-0.2, -0.15) is 0 Å². The molecule has 104 valence electrons. The molecule has 1 N–H and O–H groups in total. The second-order valence-electron chi connectivity index (χ2n) is 4.89. The van der Waals surface area contributed by atoms with Crippen molar-refractivity contribution in [1.29, 1.82) is 0 Å². The molecule has 0 heterocycles. The summed E-state index contributed by atoms with van der Waals surface area (Å²) in [7, 11) is 0. The molecule has 3 nitrogen and oxygen atoms in total. The van der Waals surface area contributed by atoms with Crippen LogP contribution in [-0.4, -0.2) is 11.7 Å². The number of nitrogens with one attached hydrogen (secondary N) is 1. The number of ketones is 1. The quantitative estimate of drug-likeness (QED) is 0.936. The topological polar surface area (TPSA) is 46.2 Å². The minimum Gasteiger partial charge on any atom is -0.322 e. The third kappa shape index (κ3) is 2.27. The second kappa shape index (κ2) is 5.37. The summed E-state index contributed by atoms with van der Waals surface area (Å²) in [6, 6.07) is 17.1. The van der Waals surface area contributed by atoms with Crippen LogP contribution in [0, 0.1) is 0 Å². The number of hydrogen-bond donors (Lipinski definition) is 1. The SMILES string of the molecule is CCC(=O)NC1=C(c2ccccc2)c2ccccc2C1=O. The lowest BCUT2D eigenvalue weighted by Crippen LogP contribution is -2.25. The second-order valence-corrected chi connectivity index (χ2v) is 4.89. The lowest BCUT2D eigenvalue weighted by atomic mass is 9.99. The van der Waals surface area contributed by atoms with Crippen LogP contribution in [-0.2, 0) is 4.79 Å². The largest absolute Gasteiger partial charge is 0.322 e. The predicted molar refractivity (Wildman–Crippen MR) is 81.7 cm³/mol. The Morgan fingerprint density at radius 1 is 0.952 bits per heavy atom. The summed E-state index contributed by atoms with van der Waals surface area (Å²) in [6.45, 7) is 1.77. The fourth-order valence-corrected chi connectivity index (χ4v) is 2.53. The van der Waals surface area contributed by atoms with Gasteiger partial charge in [0, 0.05) is 17.6 Å². The molecule has 1 amide bonds. The number of carbonyl (C=O) groups excluding carboxylic acids is 2. The Morgan fingerprint density at radius 2 is 1.57 bits per heavy atom. The fourth-order valence-electron chi connectivity index (χ4n) is 2.53. The van der Waals surface area contributed by atoms with Crippen LogP contribution in [0.25, 0.3) is 5.57 Å². The molecule has 1 aliphatic carbocycles. The van der Waals surface area contributed by atoms with E-state index in [1.807, 2.05) is 48.5 Å². The average Bonchev–Trinajstić information content (AvgIpc) is 2.81. The van der Waals surface area contributed by atoms with E-state index in [0.29, 0.717) is 17.7 Å². The lowest BCUT2D eigenvalue weighted by Gasteiger charge is -2.08. The maximum atomic E-state index is 12.6. The van der Waals surface area contributed by atoms with Gasteiger partial charge in [0.15, 0.2) is 0 Å². The first-order chi connectivity index (χ1) is 10.2. The van der Waals surface area contributed by atoms with Gasteiger partial charge in [0.1, 0.15) is 0 Å². The van der Waals surface area contributed by atoms with Crippen molar-refractivity contribution < 1.29 is 9.59 Å². The number of allylic oxidation sites excluding steroid dienone is 1. The van der Waals surface area contributed by atoms with E-state index >= 15 is 0 Å². The summed E-state index contributed by atoms with van der Waals surface area (Å²) in [4.78, 5) is 24.3. The molecule has 0 unspecified atom stereocenters. The highest BCUT2D eigenvalue weighted by molar-refractivity contribution is 6.23. The number of amides is 1. The number of fused-ring (bicyclic) bond motifs is 1. The van der Waals surface area contributed by atoms with Crippen LogP contribution in [0.4, 0.5) is 0 Å². The minimum absolute atomic E-state index is 0.119. The Labute approximate surface area is 123 Å². The van der Waals surface area contributed by atoms with E-state index in [9.17, 15) is 9.59 Å². The van der Waals surface area contributed by atoms with Crippen LogP contribution in [0.15, 0.2) is 60.3 Å². The molecule has 0 saturated heterocycles. The first-order valence-corrected chi connectivity index (χ1v) is 6.96. The zero-order chi connectivity index (χ0) is 14.8. The van der Waals surface area contributed by atoms with Gasteiger partial charge in [-0.05, 0) is 11.1 Å². The highest BCUT2D eigenvalue weighted by Gasteiger charge is 2.30. The first kappa shape index (κ1) is 13.3. The van der Waals surface area contributed by atoms with Crippen molar-refractivity contribution in [2.45, 2.75) is 13.3 Å². The van der Waals surface area contributed by atoms with Crippen molar-refractivity contribution in [3.63, 3.8) is 0 Å². The van der Waals surface area contributed by atoms with Crippen molar-refractivity contribution in [3.8, 4) is 0 Å². The third-order valence-corrected chi connectivity index (χ3v) is 3.57. The summed E-state index contributed by atoms with van der Waals surface area (Å²) >= 11 is 0. The molecular weight excluding hydrogens is 262 g/mol. The van der Waals surface area contributed by atoms with Gasteiger partial charge in [0.05, 0.1) is 5.70 Å². The molecule has 0 spiro atoms. The monoisotopic (exact) mass is 277 g/mol. The van der Waals surface area contributed by atoms with E-state index in [2.05, 4.69) is 5.32 Å². The molecule has 2 aromatic carbocycles. The van der Waals surface area contributed by atoms with E-state index in [1.54, 1.807) is 13.0 Å². The predicted octanol–water partition coefficient (Wildman–Crippen LogP) is 3.17. The molecule has 0 bridgehead atoms. The molecule has 0 atom stereocenters. The van der Waals surface area contributed by atoms with Crippen LogP contribution in [0.2, 0.25) is 0 Å². The summed E-state index contributed by atoms with van der Waals surface area (Å²) in [5.74, 6) is -0.272. The molecular formula is C18H15NO2. The number of Topliss-reactive ketones (excluding diaryl/α,β-unsaturated/α-hetero) is 1. The Hall–Kier alpha value is -2.68. The van der Waals surface area contributed by atoms with Crippen LogP contribution < -0.4 is 5.32 Å². The number of rotatable bonds is 3. The van der Waals surface area contributed by atoms with Gasteiger partial charge in [-0.15, -0.1) is 0 Å². The van der Waals surface area contributed by atoms with Crippen LogP contribution in [0.3, 0.4) is 0 Å². The molecule has 21 heavy (non-hydrogen) atoms. The molecule has 0 aromatic heterocycles. The smallest absolute Gasteiger partial charge is 0.224 e. The van der Waals surface area contributed by atoms with Crippen molar-refractivity contribution in [2.24, 2.45) is 0 Å². The van der Waals surface area contributed by atoms with E-state index < -0.39 is 0 Å². The maximum absolute atomic E-state index is 12.6. The van der Waals surface area contributed by atoms with Crippen molar-refractivity contribution in [2.75, 3.05) is 0 Å². The normalized spacial score (nSPS) is 13.3. The summed E-state index contributed by atoms with van der Waals surface area (Å²) in [6.07, 6.45) is 0.342. The molecule has 3 rings (SSSR count). The Balaban J connectivity index is 2.19. The summed E-state index contributed by atoms with van der Waals surface area (Å²) in [5.41, 5.74) is 3.64. The molecule has 0 radical (unpaired) electrons.